The van der Waals surface area contributed by atoms with Gasteiger partial charge in [0.2, 0.25) is 0 Å². The van der Waals surface area contributed by atoms with E-state index in [4.69, 9.17) is 0 Å². The Morgan fingerprint density at radius 3 is 3.15 bits per heavy atom. The molecule has 1 aromatic heterocycles. The molecule has 0 aliphatic carbocycles. The smallest absolute Gasteiger partial charge is 0.137 e. The van der Waals surface area contributed by atoms with Gasteiger partial charge in [-0.1, -0.05) is 6.92 Å². The van der Waals surface area contributed by atoms with Gasteiger partial charge in [-0.2, -0.15) is 0 Å². The number of nitrogens with zero attached hydrogens (tertiary/aromatic N) is 1. The lowest BCUT2D eigenvalue weighted by atomic mass is 10.2. The number of nitrogens with one attached hydrogen (secondary N) is 2. The summed E-state index contributed by atoms with van der Waals surface area (Å²) in [5.74, 6) is 0. The molecule has 0 saturated heterocycles. The molecule has 1 rings (SSSR count). The van der Waals surface area contributed by atoms with Crippen molar-refractivity contribution in [3.8, 4) is 0 Å². The summed E-state index contributed by atoms with van der Waals surface area (Å²) in [5.41, 5.74) is 0.917. The van der Waals surface area contributed by atoms with E-state index in [0.717, 1.165) is 24.9 Å². The molecule has 1 unspecified atom stereocenters. The fraction of sp³-hybridized carbons (Fsp3) is 0.556. The summed E-state index contributed by atoms with van der Waals surface area (Å²) in [5, 5.41) is 3.14. The average molecular weight is 181 g/mol. The van der Waals surface area contributed by atoms with Gasteiger partial charge in [0.15, 0.2) is 0 Å². The van der Waals surface area contributed by atoms with Crippen LogP contribution in [-0.4, -0.2) is 28.8 Å². The number of carbonyl (C=O) groups is 1. The topological polar surface area (TPSA) is 57.8 Å². The van der Waals surface area contributed by atoms with Gasteiger partial charge in [0.05, 0.1) is 18.1 Å². The Kier molecular flexibility index (Phi) is 4.18. The molecule has 0 radical (unpaired) electrons. The number of aldehydes is 1. The average Bonchev–Trinajstić information content (AvgIpc) is 2.64. The zero-order chi connectivity index (χ0) is 9.52. The van der Waals surface area contributed by atoms with Crippen molar-refractivity contribution in [2.75, 3.05) is 6.54 Å². The minimum atomic E-state index is -0.108. The van der Waals surface area contributed by atoms with Crippen LogP contribution in [0.3, 0.4) is 0 Å². The van der Waals surface area contributed by atoms with Crippen LogP contribution in [0.4, 0.5) is 0 Å². The quantitative estimate of drug-likeness (QED) is 0.629. The zero-order valence-electron chi connectivity index (χ0n) is 7.79. The van der Waals surface area contributed by atoms with Gasteiger partial charge in [0.25, 0.3) is 0 Å². The summed E-state index contributed by atoms with van der Waals surface area (Å²) >= 11 is 0. The molecule has 0 aromatic carbocycles. The van der Waals surface area contributed by atoms with E-state index in [1.165, 1.54) is 0 Å². The Morgan fingerprint density at radius 1 is 1.77 bits per heavy atom. The highest BCUT2D eigenvalue weighted by Gasteiger charge is 2.07. The fourth-order valence-electron chi connectivity index (χ4n) is 1.13. The molecule has 0 saturated carbocycles. The Balaban J connectivity index is 2.35. The van der Waals surface area contributed by atoms with Gasteiger partial charge in [-0.05, 0) is 13.0 Å². The van der Waals surface area contributed by atoms with E-state index in [-0.39, 0.29) is 6.04 Å². The van der Waals surface area contributed by atoms with Gasteiger partial charge < -0.3 is 15.1 Å². The van der Waals surface area contributed by atoms with Crippen molar-refractivity contribution in [1.29, 1.82) is 0 Å². The lowest BCUT2D eigenvalue weighted by molar-refractivity contribution is -0.109. The molecule has 13 heavy (non-hydrogen) atoms. The van der Waals surface area contributed by atoms with Gasteiger partial charge in [-0.15, -0.1) is 0 Å². The van der Waals surface area contributed by atoms with Crippen LogP contribution >= 0.6 is 0 Å². The Labute approximate surface area is 77.8 Å². The number of aromatic amines is 1. The lowest BCUT2D eigenvalue weighted by Crippen LogP contribution is -2.33. The van der Waals surface area contributed by atoms with E-state index in [0.29, 0.717) is 6.42 Å². The number of hydrogen-bond acceptors (Lipinski definition) is 3. The summed E-state index contributed by atoms with van der Waals surface area (Å²) in [6, 6.07) is -0.108. The first-order valence-corrected chi connectivity index (χ1v) is 4.53. The second-order valence-corrected chi connectivity index (χ2v) is 2.96. The summed E-state index contributed by atoms with van der Waals surface area (Å²) < 4.78 is 0. The molecule has 0 aliphatic rings. The maximum atomic E-state index is 10.6. The number of aromatic nitrogens is 2. The van der Waals surface area contributed by atoms with E-state index in [1.807, 2.05) is 6.20 Å². The summed E-state index contributed by atoms with van der Waals surface area (Å²) in [7, 11) is 0. The molecule has 4 heteroatoms. The first-order valence-electron chi connectivity index (χ1n) is 4.53. The predicted molar refractivity (Wildman–Crippen MR) is 50.4 cm³/mol. The third-order valence-electron chi connectivity index (χ3n) is 1.80. The van der Waals surface area contributed by atoms with Crippen LogP contribution in [0, 0.1) is 0 Å². The van der Waals surface area contributed by atoms with Crippen LogP contribution < -0.4 is 5.32 Å². The third kappa shape index (κ3) is 3.38. The van der Waals surface area contributed by atoms with Crippen LogP contribution in [0.1, 0.15) is 19.0 Å². The van der Waals surface area contributed by atoms with E-state index in [2.05, 4.69) is 22.2 Å². The number of carbonyl (C=O) groups excluding carboxylic acids is 1. The maximum absolute atomic E-state index is 10.6. The Morgan fingerprint density at radius 2 is 2.62 bits per heavy atom. The van der Waals surface area contributed by atoms with E-state index < -0.39 is 0 Å². The molecule has 72 valence electrons. The summed E-state index contributed by atoms with van der Waals surface area (Å²) in [6.07, 6.45) is 6.06. The molecule has 0 spiro atoms. The minimum absolute atomic E-state index is 0.108. The zero-order valence-corrected chi connectivity index (χ0v) is 7.79. The Bertz CT molecular complexity index is 233. The van der Waals surface area contributed by atoms with E-state index >= 15 is 0 Å². The SMILES string of the molecule is CCCNC(C=O)Cc1c[nH]cn1. The number of imidazole rings is 1. The normalized spacial score (nSPS) is 12.7. The van der Waals surface area contributed by atoms with Crippen LogP contribution in [0.25, 0.3) is 0 Å². The van der Waals surface area contributed by atoms with Gasteiger partial charge in [-0.3, -0.25) is 0 Å². The van der Waals surface area contributed by atoms with E-state index in [1.54, 1.807) is 6.33 Å². The molecule has 0 fully saturated rings. The molecule has 1 aromatic rings. The summed E-state index contributed by atoms with van der Waals surface area (Å²) in [4.78, 5) is 17.6. The highest BCUT2D eigenvalue weighted by molar-refractivity contribution is 5.58. The summed E-state index contributed by atoms with van der Waals surface area (Å²) in [6.45, 7) is 2.94. The molecule has 1 atom stereocenters. The molecule has 4 nitrogen and oxygen atoms in total. The molecular weight excluding hydrogens is 166 g/mol. The maximum Gasteiger partial charge on any atom is 0.137 e. The van der Waals surface area contributed by atoms with Crippen molar-refractivity contribution >= 4 is 6.29 Å². The molecule has 2 N–H and O–H groups in total. The Hall–Kier alpha value is -1.16. The fourth-order valence-corrected chi connectivity index (χ4v) is 1.13. The van der Waals surface area contributed by atoms with Crippen molar-refractivity contribution in [1.82, 2.24) is 15.3 Å². The van der Waals surface area contributed by atoms with Gasteiger partial charge in [0.1, 0.15) is 6.29 Å². The van der Waals surface area contributed by atoms with E-state index in [9.17, 15) is 4.79 Å². The minimum Gasteiger partial charge on any atom is -0.351 e. The van der Waals surface area contributed by atoms with Crippen molar-refractivity contribution in [2.24, 2.45) is 0 Å². The number of H-pyrrole nitrogens is 1. The monoisotopic (exact) mass is 181 g/mol. The molecule has 0 bridgehead atoms. The highest BCUT2D eigenvalue weighted by atomic mass is 16.1. The van der Waals surface area contributed by atoms with Crippen molar-refractivity contribution in [3.63, 3.8) is 0 Å². The van der Waals surface area contributed by atoms with Crippen LogP contribution in [-0.2, 0) is 11.2 Å². The molecule has 0 aliphatic heterocycles. The van der Waals surface area contributed by atoms with Gasteiger partial charge in [0, 0.05) is 12.6 Å². The molecule has 1 heterocycles. The lowest BCUT2D eigenvalue weighted by Gasteiger charge is -2.09. The predicted octanol–water partition coefficient (Wildman–Crippen LogP) is 0.519. The highest BCUT2D eigenvalue weighted by Crippen LogP contribution is 1.96. The number of hydrogen-bond donors (Lipinski definition) is 2. The van der Waals surface area contributed by atoms with Crippen LogP contribution in [0.2, 0.25) is 0 Å². The third-order valence-corrected chi connectivity index (χ3v) is 1.80. The van der Waals surface area contributed by atoms with Crippen molar-refractivity contribution in [3.05, 3.63) is 18.2 Å². The first-order chi connectivity index (χ1) is 6.36. The first kappa shape index (κ1) is 9.92. The molecule has 0 amide bonds. The van der Waals surface area contributed by atoms with Crippen LogP contribution in [0.5, 0.6) is 0 Å². The van der Waals surface area contributed by atoms with Crippen LogP contribution in [0.15, 0.2) is 12.5 Å². The van der Waals surface area contributed by atoms with Gasteiger partial charge in [-0.25, -0.2) is 4.98 Å². The second kappa shape index (κ2) is 5.48. The second-order valence-electron chi connectivity index (χ2n) is 2.96. The molecular formula is C9H15N3O. The van der Waals surface area contributed by atoms with Crippen molar-refractivity contribution < 1.29 is 4.79 Å². The largest absolute Gasteiger partial charge is 0.351 e. The van der Waals surface area contributed by atoms with Gasteiger partial charge >= 0.3 is 0 Å². The number of rotatable bonds is 6. The standard InChI is InChI=1S/C9H15N3O/c1-2-3-11-9(6-13)4-8-5-10-7-12-8/h5-7,9,11H,2-4H2,1H3,(H,10,12). The van der Waals surface area contributed by atoms with Crippen molar-refractivity contribution in [2.45, 2.75) is 25.8 Å².